The molecule has 0 saturated carbocycles. The molecule has 0 radical (unpaired) electrons. The third-order valence-electron chi connectivity index (χ3n) is 7.00. The SMILES string of the molecule is CNc1ccccc1C(=N[C@H](C)C1=CC=CC1)O[C@@H]1C[C@@H](C(N)=O)N(C(=O)[C@@H](NC(=O)OC(C)(C)C)C(C)(C)C)C1. The zero-order chi connectivity index (χ0) is 30.5. The standard InChI is InChI=1S/C31H45N5O5/c1-19(20-13-9-10-14-20)34-27(22-15-11-12-16-23(22)33-8)40-21-17-24(26(32)37)36(18-21)28(38)25(30(2,3)4)35-29(39)41-31(5,6)7/h9-13,15-16,19,21,24-25,33H,14,17-18H2,1-8H3,(H2,32,37)(H,35,39)/t19-,21-,24+,25-/m1/s1. The van der Waals surface area contributed by atoms with E-state index >= 15 is 0 Å². The molecule has 0 unspecified atom stereocenters. The molecule has 41 heavy (non-hydrogen) atoms. The number of nitrogens with zero attached hydrogens (tertiary/aromatic N) is 2. The third kappa shape index (κ3) is 8.34. The lowest BCUT2D eigenvalue weighted by Crippen LogP contribution is -2.58. The molecule has 2 aliphatic rings. The Morgan fingerprint density at radius 1 is 1.12 bits per heavy atom. The molecule has 4 atom stereocenters. The van der Waals surface area contributed by atoms with Crippen LogP contribution < -0.4 is 16.4 Å². The first-order valence-electron chi connectivity index (χ1n) is 14.1. The number of rotatable bonds is 8. The van der Waals surface area contributed by atoms with Gasteiger partial charge in [-0.3, -0.25) is 9.59 Å². The highest BCUT2D eigenvalue weighted by Gasteiger charge is 2.45. The van der Waals surface area contributed by atoms with E-state index in [0.29, 0.717) is 5.90 Å². The number of aliphatic imine (C=N–C) groups is 1. The maximum Gasteiger partial charge on any atom is 0.408 e. The number of benzene rings is 1. The van der Waals surface area contributed by atoms with Gasteiger partial charge in [0.25, 0.3) is 0 Å². The van der Waals surface area contributed by atoms with Gasteiger partial charge in [0, 0.05) is 19.2 Å². The topological polar surface area (TPSA) is 135 Å². The summed E-state index contributed by atoms with van der Waals surface area (Å²) in [7, 11) is 1.83. The average molecular weight is 568 g/mol. The fraction of sp³-hybridized carbons (Fsp3) is 0.548. The summed E-state index contributed by atoms with van der Waals surface area (Å²) in [5.41, 5.74) is 7.13. The quantitative estimate of drug-likeness (QED) is 0.319. The maximum absolute atomic E-state index is 13.9. The first-order valence-corrected chi connectivity index (χ1v) is 14.1. The van der Waals surface area contributed by atoms with Crippen LogP contribution in [-0.4, -0.2) is 72.1 Å². The van der Waals surface area contributed by atoms with Crippen LogP contribution in [0.15, 0.2) is 53.1 Å². The maximum atomic E-state index is 13.9. The summed E-state index contributed by atoms with van der Waals surface area (Å²) < 4.78 is 11.9. The second kappa shape index (κ2) is 12.8. The number of likely N-dealkylation sites (tertiary alicyclic amines) is 1. The lowest BCUT2D eigenvalue weighted by atomic mass is 9.85. The number of alkyl carbamates (subject to hydrolysis) is 1. The number of ether oxygens (including phenoxy) is 2. The minimum Gasteiger partial charge on any atom is -0.472 e. The van der Waals surface area contributed by atoms with Crippen molar-refractivity contribution in [3.05, 3.63) is 53.6 Å². The molecule has 3 amide bonds. The molecule has 224 valence electrons. The van der Waals surface area contributed by atoms with Crippen LogP contribution in [0.5, 0.6) is 0 Å². The summed E-state index contributed by atoms with van der Waals surface area (Å²) in [5, 5.41) is 5.90. The summed E-state index contributed by atoms with van der Waals surface area (Å²) in [6.07, 6.45) is 5.90. The number of anilines is 1. The number of primary amides is 1. The highest BCUT2D eigenvalue weighted by atomic mass is 16.6. The fourth-order valence-electron chi connectivity index (χ4n) is 4.88. The van der Waals surface area contributed by atoms with Gasteiger partial charge in [0.05, 0.1) is 18.2 Å². The van der Waals surface area contributed by atoms with Crippen LogP contribution in [0.1, 0.15) is 66.9 Å². The third-order valence-corrected chi connectivity index (χ3v) is 7.00. The molecule has 10 heteroatoms. The van der Waals surface area contributed by atoms with Crippen molar-refractivity contribution in [3.8, 4) is 0 Å². The predicted molar refractivity (Wildman–Crippen MR) is 161 cm³/mol. The number of hydrogen-bond acceptors (Lipinski definition) is 7. The Labute approximate surface area is 243 Å². The summed E-state index contributed by atoms with van der Waals surface area (Å²) in [6.45, 7) is 12.9. The van der Waals surface area contributed by atoms with Gasteiger partial charge in [-0.2, -0.15) is 0 Å². The van der Waals surface area contributed by atoms with Gasteiger partial charge in [-0.05, 0) is 57.2 Å². The van der Waals surface area contributed by atoms with Gasteiger partial charge in [0.1, 0.15) is 23.8 Å². The summed E-state index contributed by atoms with van der Waals surface area (Å²) >= 11 is 0. The van der Waals surface area contributed by atoms with Crippen molar-refractivity contribution in [2.24, 2.45) is 16.1 Å². The van der Waals surface area contributed by atoms with Gasteiger partial charge in [-0.25, -0.2) is 9.79 Å². The van der Waals surface area contributed by atoms with Crippen molar-refractivity contribution in [2.45, 2.75) is 91.1 Å². The lowest BCUT2D eigenvalue weighted by molar-refractivity contribution is -0.141. The number of amides is 3. The molecule has 1 aromatic carbocycles. The summed E-state index contributed by atoms with van der Waals surface area (Å²) in [5.74, 6) is -0.654. The molecule has 3 rings (SSSR count). The minimum atomic E-state index is -0.960. The Morgan fingerprint density at radius 3 is 2.37 bits per heavy atom. The number of allylic oxidation sites excluding steroid dienone is 3. The van der Waals surface area contributed by atoms with Crippen molar-refractivity contribution in [2.75, 3.05) is 18.9 Å². The normalized spacial score (nSPS) is 20.7. The van der Waals surface area contributed by atoms with Crippen LogP contribution in [0.25, 0.3) is 0 Å². The molecule has 0 bridgehead atoms. The first kappa shape index (κ1) is 31.7. The van der Waals surface area contributed by atoms with Crippen molar-refractivity contribution in [3.63, 3.8) is 0 Å². The van der Waals surface area contributed by atoms with Gasteiger partial charge in [-0.15, -0.1) is 0 Å². The average Bonchev–Trinajstić information content (AvgIpc) is 3.55. The van der Waals surface area contributed by atoms with Gasteiger partial charge < -0.3 is 30.7 Å². The predicted octanol–water partition coefficient (Wildman–Crippen LogP) is 4.16. The molecular weight excluding hydrogens is 522 g/mol. The number of para-hydroxylation sites is 1. The Bertz CT molecular complexity index is 1220. The van der Waals surface area contributed by atoms with Crippen molar-refractivity contribution in [1.82, 2.24) is 10.2 Å². The van der Waals surface area contributed by atoms with E-state index in [1.54, 1.807) is 20.8 Å². The number of carbonyl (C=O) groups excluding carboxylic acids is 3. The van der Waals surface area contributed by atoms with E-state index < -0.39 is 47.1 Å². The van der Waals surface area contributed by atoms with Gasteiger partial charge >= 0.3 is 6.09 Å². The van der Waals surface area contributed by atoms with Gasteiger partial charge in [0.2, 0.25) is 17.7 Å². The van der Waals surface area contributed by atoms with E-state index in [9.17, 15) is 14.4 Å². The molecular formula is C31H45N5O5. The molecule has 4 N–H and O–H groups in total. The number of nitrogens with one attached hydrogen (secondary N) is 2. The molecule has 1 heterocycles. The molecule has 1 fully saturated rings. The highest BCUT2D eigenvalue weighted by Crippen LogP contribution is 2.29. The second-order valence-electron chi connectivity index (χ2n) is 12.6. The number of nitrogens with two attached hydrogens (primary N) is 1. The Kier molecular flexibility index (Phi) is 9.89. The van der Waals surface area contributed by atoms with Crippen LogP contribution in [0.3, 0.4) is 0 Å². The van der Waals surface area contributed by atoms with E-state index in [1.807, 2.05) is 65.1 Å². The monoisotopic (exact) mass is 567 g/mol. The second-order valence-corrected chi connectivity index (χ2v) is 12.6. The number of hydrogen-bond donors (Lipinski definition) is 3. The van der Waals surface area contributed by atoms with Crippen LogP contribution in [0.2, 0.25) is 0 Å². The van der Waals surface area contributed by atoms with E-state index in [4.69, 9.17) is 20.2 Å². The van der Waals surface area contributed by atoms with Gasteiger partial charge in [-0.1, -0.05) is 51.1 Å². The molecule has 10 nitrogen and oxygen atoms in total. The largest absolute Gasteiger partial charge is 0.472 e. The lowest BCUT2D eigenvalue weighted by Gasteiger charge is -2.35. The van der Waals surface area contributed by atoms with E-state index in [0.717, 1.165) is 23.2 Å². The van der Waals surface area contributed by atoms with Crippen LogP contribution in [0, 0.1) is 5.41 Å². The fourth-order valence-corrected chi connectivity index (χ4v) is 4.88. The summed E-state index contributed by atoms with van der Waals surface area (Å²) in [4.78, 5) is 45.4. The molecule has 1 aliphatic carbocycles. The molecule has 1 aliphatic heterocycles. The van der Waals surface area contributed by atoms with Crippen molar-refractivity contribution in [1.29, 1.82) is 0 Å². The zero-order valence-corrected chi connectivity index (χ0v) is 25.5. The van der Waals surface area contributed by atoms with E-state index in [-0.39, 0.29) is 19.0 Å². The Hall–Kier alpha value is -3.82. The van der Waals surface area contributed by atoms with Crippen LogP contribution in [0.4, 0.5) is 10.5 Å². The van der Waals surface area contributed by atoms with Crippen molar-refractivity contribution < 1.29 is 23.9 Å². The minimum absolute atomic E-state index is 0.106. The Balaban J connectivity index is 1.90. The number of carbonyl (C=O) groups is 3. The highest BCUT2D eigenvalue weighted by molar-refractivity contribution is 6.00. The molecule has 1 saturated heterocycles. The zero-order valence-electron chi connectivity index (χ0n) is 25.5. The van der Waals surface area contributed by atoms with E-state index in [1.165, 1.54) is 4.90 Å². The molecule has 0 aromatic heterocycles. The molecule has 1 aromatic rings. The summed E-state index contributed by atoms with van der Waals surface area (Å²) in [6, 6.07) is 5.67. The smallest absolute Gasteiger partial charge is 0.408 e. The van der Waals surface area contributed by atoms with Gasteiger partial charge in [0.15, 0.2) is 0 Å². The first-order chi connectivity index (χ1) is 19.1. The molecule has 0 spiro atoms. The van der Waals surface area contributed by atoms with Crippen LogP contribution in [-0.2, 0) is 19.1 Å². The Morgan fingerprint density at radius 2 is 1.80 bits per heavy atom. The van der Waals surface area contributed by atoms with E-state index in [2.05, 4.69) is 22.8 Å². The van der Waals surface area contributed by atoms with Crippen molar-refractivity contribution >= 4 is 29.5 Å². The van der Waals surface area contributed by atoms with Crippen LogP contribution >= 0.6 is 0 Å².